The Hall–Kier alpha value is -3.42. The highest BCUT2D eigenvalue weighted by molar-refractivity contribution is 5.92. The Morgan fingerprint density at radius 1 is 1.21 bits per heavy atom. The second-order valence-corrected chi connectivity index (χ2v) is 6.81. The quantitative estimate of drug-likeness (QED) is 0.664. The summed E-state index contributed by atoms with van der Waals surface area (Å²) in [6.07, 6.45) is 1.54. The Morgan fingerprint density at radius 2 is 1.97 bits per heavy atom. The predicted molar refractivity (Wildman–Crippen MR) is 111 cm³/mol. The van der Waals surface area contributed by atoms with Crippen molar-refractivity contribution in [3.63, 3.8) is 0 Å². The summed E-state index contributed by atoms with van der Waals surface area (Å²) >= 11 is 0. The van der Waals surface area contributed by atoms with E-state index < -0.39 is 0 Å². The molecule has 8 heteroatoms. The van der Waals surface area contributed by atoms with Crippen molar-refractivity contribution in [2.24, 2.45) is 0 Å². The zero-order valence-electron chi connectivity index (χ0n) is 17.1. The molecule has 3 aromatic rings. The van der Waals surface area contributed by atoms with Gasteiger partial charge in [0.2, 0.25) is 11.9 Å². The molecule has 29 heavy (non-hydrogen) atoms. The van der Waals surface area contributed by atoms with Crippen LogP contribution in [0, 0.1) is 13.8 Å². The van der Waals surface area contributed by atoms with Gasteiger partial charge in [-0.3, -0.25) is 14.2 Å². The fourth-order valence-corrected chi connectivity index (χ4v) is 3.15. The highest BCUT2D eigenvalue weighted by Crippen LogP contribution is 2.23. The number of carbonyl (C=O) groups is 1. The zero-order chi connectivity index (χ0) is 21.0. The molecule has 1 aromatic carbocycles. The van der Waals surface area contributed by atoms with E-state index in [0.29, 0.717) is 29.5 Å². The third-order valence-corrected chi connectivity index (χ3v) is 4.43. The van der Waals surface area contributed by atoms with Gasteiger partial charge in [0.05, 0.1) is 18.5 Å². The molecule has 152 valence electrons. The first-order valence-electron chi connectivity index (χ1n) is 9.50. The summed E-state index contributed by atoms with van der Waals surface area (Å²) in [6, 6.07) is 10.5. The molecule has 0 unspecified atom stereocenters. The molecular weight excluding hydrogens is 370 g/mol. The lowest BCUT2D eigenvalue weighted by Crippen LogP contribution is -2.32. The monoisotopic (exact) mass is 395 g/mol. The highest BCUT2D eigenvalue weighted by Gasteiger charge is 2.17. The number of carbonyl (C=O) groups excluding carboxylic acids is 1. The number of ether oxygens (including phenoxy) is 1. The van der Waals surface area contributed by atoms with Crippen LogP contribution in [0.5, 0.6) is 5.75 Å². The number of amides is 1. The molecule has 8 nitrogen and oxygen atoms in total. The summed E-state index contributed by atoms with van der Waals surface area (Å²) in [5.41, 5.74) is 2.57. The Kier molecular flexibility index (Phi) is 6.11. The Labute approximate surface area is 169 Å². The zero-order valence-corrected chi connectivity index (χ0v) is 17.1. The van der Waals surface area contributed by atoms with E-state index in [1.807, 2.05) is 32.9 Å². The van der Waals surface area contributed by atoms with Crippen LogP contribution < -0.4 is 15.6 Å². The Bertz CT molecular complexity index is 1080. The molecule has 0 fully saturated rings. The third-order valence-electron chi connectivity index (χ3n) is 4.43. The van der Waals surface area contributed by atoms with Crippen LogP contribution >= 0.6 is 0 Å². The highest BCUT2D eigenvalue weighted by atomic mass is 16.5. The topological polar surface area (TPSA) is 91.0 Å². The lowest BCUT2D eigenvalue weighted by molar-refractivity contribution is -0.116. The fourth-order valence-electron chi connectivity index (χ4n) is 3.15. The van der Waals surface area contributed by atoms with E-state index in [9.17, 15) is 9.59 Å². The van der Waals surface area contributed by atoms with Crippen molar-refractivity contribution in [2.75, 3.05) is 12.4 Å². The summed E-state index contributed by atoms with van der Waals surface area (Å²) in [7, 11) is 1.53. The van der Waals surface area contributed by atoms with Crippen molar-refractivity contribution in [3.8, 4) is 11.7 Å². The normalized spacial score (nSPS) is 10.8. The number of rotatable bonds is 7. The maximum absolute atomic E-state index is 12.8. The van der Waals surface area contributed by atoms with E-state index in [4.69, 9.17) is 4.74 Å². The first-order valence-corrected chi connectivity index (χ1v) is 9.50. The maximum Gasteiger partial charge on any atom is 0.255 e. The van der Waals surface area contributed by atoms with E-state index in [1.54, 1.807) is 22.9 Å². The summed E-state index contributed by atoms with van der Waals surface area (Å²) < 4.78 is 8.20. The van der Waals surface area contributed by atoms with Crippen LogP contribution in [0.1, 0.15) is 30.4 Å². The minimum absolute atomic E-state index is 0.191. The summed E-state index contributed by atoms with van der Waals surface area (Å²) in [5, 5.41) is 7.24. The molecule has 2 aromatic heterocycles. The van der Waals surface area contributed by atoms with Crippen LogP contribution in [-0.4, -0.2) is 32.3 Å². The number of hydrogen-bond donors (Lipinski definition) is 1. The van der Waals surface area contributed by atoms with Crippen molar-refractivity contribution >= 4 is 11.6 Å². The number of hydrogen-bond acceptors (Lipinski definition) is 5. The molecule has 0 aliphatic rings. The van der Waals surface area contributed by atoms with E-state index >= 15 is 0 Å². The fraction of sp³-hybridized carbons (Fsp3) is 0.333. The molecule has 3 rings (SSSR count). The van der Waals surface area contributed by atoms with Crippen molar-refractivity contribution in [2.45, 2.75) is 40.2 Å². The van der Waals surface area contributed by atoms with Gasteiger partial charge < -0.3 is 10.1 Å². The summed E-state index contributed by atoms with van der Waals surface area (Å²) in [6.45, 7) is 5.59. The average Bonchev–Trinajstić information content (AvgIpc) is 3.02. The SMILES string of the molecule is CCCc1cc(=O)n(CC(=O)Nc2ccccc2OC)c(-n2nc(C)cc2C)n1. The maximum atomic E-state index is 12.8. The van der Waals surface area contributed by atoms with Gasteiger partial charge in [-0.15, -0.1) is 0 Å². The number of aryl methyl sites for hydroxylation is 3. The van der Waals surface area contributed by atoms with Crippen LogP contribution in [0.15, 0.2) is 41.2 Å². The molecule has 1 N–H and O–H groups in total. The van der Waals surface area contributed by atoms with Crippen LogP contribution in [0.2, 0.25) is 0 Å². The molecule has 0 spiro atoms. The van der Waals surface area contributed by atoms with Crippen LogP contribution in [0.4, 0.5) is 5.69 Å². The van der Waals surface area contributed by atoms with E-state index in [0.717, 1.165) is 17.8 Å². The number of nitrogens with zero attached hydrogens (tertiary/aromatic N) is 4. The van der Waals surface area contributed by atoms with Crippen molar-refractivity contribution < 1.29 is 9.53 Å². The number of para-hydroxylation sites is 2. The van der Waals surface area contributed by atoms with Gasteiger partial charge in [0.15, 0.2) is 0 Å². The molecule has 0 saturated heterocycles. The average molecular weight is 395 g/mol. The minimum Gasteiger partial charge on any atom is -0.495 e. The minimum atomic E-state index is -0.357. The van der Waals surface area contributed by atoms with E-state index in [-0.39, 0.29) is 18.0 Å². The Morgan fingerprint density at radius 3 is 2.62 bits per heavy atom. The van der Waals surface area contributed by atoms with Gasteiger partial charge in [-0.05, 0) is 38.5 Å². The number of benzene rings is 1. The first-order chi connectivity index (χ1) is 13.9. The number of aromatic nitrogens is 4. The van der Waals surface area contributed by atoms with Gasteiger partial charge in [-0.1, -0.05) is 25.5 Å². The second-order valence-electron chi connectivity index (χ2n) is 6.81. The third kappa shape index (κ3) is 4.53. The van der Waals surface area contributed by atoms with Gasteiger partial charge in [0.1, 0.15) is 12.3 Å². The number of anilines is 1. The van der Waals surface area contributed by atoms with Crippen LogP contribution in [0.3, 0.4) is 0 Å². The molecule has 0 atom stereocenters. The molecule has 0 radical (unpaired) electrons. The smallest absolute Gasteiger partial charge is 0.255 e. The van der Waals surface area contributed by atoms with Gasteiger partial charge in [0.25, 0.3) is 5.56 Å². The van der Waals surface area contributed by atoms with Crippen molar-refractivity contribution in [1.82, 2.24) is 19.3 Å². The summed E-state index contributed by atoms with van der Waals surface area (Å²) in [5.74, 6) is 0.523. The van der Waals surface area contributed by atoms with Gasteiger partial charge in [-0.25, -0.2) is 9.67 Å². The molecule has 0 saturated carbocycles. The van der Waals surface area contributed by atoms with Crippen molar-refractivity contribution in [3.05, 3.63) is 63.8 Å². The lowest BCUT2D eigenvalue weighted by Gasteiger charge is -2.15. The predicted octanol–water partition coefficient (Wildman–Crippen LogP) is 2.65. The van der Waals surface area contributed by atoms with E-state index in [1.165, 1.54) is 17.7 Å². The van der Waals surface area contributed by atoms with E-state index in [2.05, 4.69) is 15.4 Å². The molecule has 0 aliphatic carbocycles. The Balaban J connectivity index is 1.98. The van der Waals surface area contributed by atoms with Gasteiger partial charge >= 0.3 is 0 Å². The number of nitrogens with one attached hydrogen (secondary N) is 1. The molecular formula is C21H25N5O3. The molecule has 1 amide bonds. The molecule has 2 heterocycles. The van der Waals surface area contributed by atoms with Gasteiger partial charge in [0, 0.05) is 17.5 Å². The largest absolute Gasteiger partial charge is 0.495 e. The standard InChI is InChI=1S/C21H25N5O3/c1-5-8-16-12-20(28)25(21(22-16)26-15(3)11-14(2)24-26)13-19(27)23-17-9-6-7-10-18(17)29-4/h6-7,9-12H,5,8,13H2,1-4H3,(H,23,27). The van der Waals surface area contributed by atoms with Gasteiger partial charge in [-0.2, -0.15) is 5.10 Å². The first kappa shape index (κ1) is 20.3. The molecule has 0 bridgehead atoms. The summed E-state index contributed by atoms with van der Waals surface area (Å²) in [4.78, 5) is 30.1. The van der Waals surface area contributed by atoms with Crippen molar-refractivity contribution in [1.29, 1.82) is 0 Å². The lowest BCUT2D eigenvalue weighted by atomic mass is 10.2. The molecule has 0 aliphatic heterocycles. The van der Waals surface area contributed by atoms with Crippen LogP contribution in [0.25, 0.3) is 5.95 Å². The second kappa shape index (κ2) is 8.72. The van der Waals surface area contributed by atoms with Crippen LogP contribution in [-0.2, 0) is 17.8 Å². The number of methoxy groups -OCH3 is 1.